The maximum Gasteiger partial charge on any atom is 0.112 e. The summed E-state index contributed by atoms with van der Waals surface area (Å²) in [5.74, 6) is 0. The van der Waals surface area contributed by atoms with Gasteiger partial charge in [0.2, 0.25) is 0 Å². The summed E-state index contributed by atoms with van der Waals surface area (Å²) in [7, 11) is 2.97. The third kappa shape index (κ3) is 1.67. The summed E-state index contributed by atoms with van der Waals surface area (Å²) in [6, 6.07) is 0. The van der Waals surface area contributed by atoms with E-state index in [0.717, 1.165) is 0 Å². The highest BCUT2D eigenvalue weighted by Gasteiger charge is 2.33. The van der Waals surface area contributed by atoms with Crippen molar-refractivity contribution >= 4 is 0 Å². The third-order valence-electron chi connectivity index (χ3n) is 2.06. The van der Waals surface area contributed by atoms with E-state index in [1.807, 2.05) is 0 Å². The molecule has 0 aromatic heterocycles. The lowest BCUT2D eigenvalue weighted by molar-refractivity contribution is -0.106. The number of aliphatic hydroxyl groups excluding tert-OH is 2. The fourth-order valence-electron chi connectivity index (χ4n) is 1.27. The molecule has 4 nitrogen and oxygen atoms in total. The standard InChI is InChI=1S/C8H14O4/c1-11-5-3-4-6(12-2)8(10)7(5)9/h3-10H,1-2H3/t5-,6-,7-,8-/m0/s1. The zero-order valence-electron chi connectivity index (χ0n) is 7.18. The molecule has 0 spiro atoms. The molecule has 4 atom stereocenters. The average Bonchev–Trinajstić information content (AvgIpc) is 2.10. The quantitative estimate of drug-likeness (QED) is 0.544. The van der Waals surface area contributed by atoms with Crippen molar-refractivity contribution in [1.82, 2.24) is 0 Å². The van der Waals surface area contributed by atoms with Crippen molar-refractivity contribution in [2.45, 2.75) is 24.4 Å². The molecule has 1 aliphatic carbocycles. The van der Waals surface area contributed by atoms with Crippen molar-refractivity contribution in [2.75, 3.05) is 14.2 Å². The fraction of sp³-hybridized carbons (Fsp3) is 0.750. The SMILES string of the molecule is CO[C@H]1C=C[C@H](OC)[C@H](O)[C@H]1O. The summed E-state index contributed by atoms with van der Waals surface area (Å²) in [5, 5.41) is 18.9. The van der Waals surface area contributed by atoms with Crippen LogP contribution in [-0.4, -0.2) is 48.8 Å². The molecule has 12 heavy (non-hydrogen) atoms. The van der Waals surface area contributed by atoms with E-state index < -0.39 is 24.4 Å². The van der Waals surface area contributed by atoms with Crippen molar-refractivity contribution in [3.8, 4) is 0 Å². The third-order valence-corrected chi connectivity index (χ3v) is 2.06. The molecule has 4 heteroatoms. The lowest BCUT2D eigenvalue weighted by atomic mass is 9.96. The number of hydrogen-bond acceptors (Lipinski definition) is 4. The van der Waals surface area contributed by atoms with Crippen molar-refractivity contribution in [3.63, 3.8) is 0 Å². The Kier molecular flexibility index (Phi) is 3.22. The van der Waals surface area contributed by atoms with Crippen LogP contribution in [0.4, 0.5) is 0 Å². The first kappa shape index (κ1) is 9.67. The minimum absolute atomic E-state index is 0.439. The number of aliphatic hydroxyl groups is 2. The van der Waals surface area contributed by atoms with E-state index in [9.17, 15) is 10.2 Å². The summed E-state index contributed by atoms with van der Waals surface area (Å²) in [6.45, 7) is 0. The molecule has 0 unspecified atom stereocenters. The molecule has 0 aromatic rings. The van der Waals surface area contributed by atoms with Crippen molar-refractivity contribution in [2.24, 2.45) is 0 Å². The van der Waals surface area contributed by atoms with E-state index in [0.29, 0.717) is 0 Å². The molecule has 0 amide bonds. The van der Waals surface area contributed by atoms with Crippen LogP contribution in [0.5, 0.6) is 0 Å². The summed E-state index contributed by atoms with van der Waals surface area (Å²) >= 11 is 0. The largest absolute Gasteiger partial charge is 0.387 e. The van der Waals surface area contributed by atoms with Crippen LogP contribution >= 0.6 is 0 Å². The molecule has 0 bridgehead atoms. The minimum Gasteiger partial charge on any atom is -0.387 e. The Labute approximate surface area is 71.4 Å². The van der Waals surface area contributed by atoms with Gasteiger partial charge in [0.25, 0.3) is 0 Å². The molecular formula is C8H14O4. The molecule has 0 aromatic carbocycles. The van der Waals surface area contributed by atoms with E-state index in [1.54, 1.807) is 12.2 Å². The van der Waals surface area contributed by atoms with E-state index in [-0.39, 0.29) is 0 Å². The second-order valence-corrected chi connectivity index (χ2v) is 2.77. The lowest BCUT2D eigenvalue weighted by Crippen LogP contribution is -2.47. The second-order valence-electron chi connectivity index (χ2n) is 2.77. The molecule has 0 heterocycles. The van der Waals surface area contributed by atoms with Gasteiger partial charge >= 0.3 is 0 Å². The Bertz CT molecular complexity index is 150. The van der Waals surface area contributed by atoms with Crippen LogP contribution in [0.1, 0.15) is 0 Å². The molecule has 1 aliphatic rings. The summed E-state index contributed by atoms with van der Waals surface area (Å²) < 4.78 is 9.83. The molecule has 2 N–H and O–H groups in total. The van der Waals surface area contributed by atoms with Gasteiger partial charge in [-0.1, -0.05) is 12.2 Å². The van der Waals surface area contributed by atoms with Crippen molar-refractivity contribution in [1.29, 1.82) is 0 Å². The Hall–Kier alpha value is -0.420. The molecular weight excluding hydrogens is 160 g/mol. The molecule has 0 fully saturated rings. The number of methoxy groups -OCH3 is 2. The Morgan fingerprint density at radius 2 is 1.25 bits per heavy atom. The number of rotatable bonds is 2. The van der Waals surface area contributed by atoms with E-state index in [2.05, 4.69) is 0 Å². The van der Waals surface area contributed by atoms with E-state index in [4.69, 9.17) is 9.47 Å². The first-order chi connectivity index (χ1) is 5.70. The van der Waals surface area contributed by atoms with Crippen molar-refractivity contribution in [3.05, 3.63) is 12.2 Å². The van der Waals surface area contributed by atoms with Crippen LogP contribution in [0, 0.1) is 0 Å². The van der Waals surface area contributed by atoms with Gasteiger partial charge in [0.1, 0.15) is 24.4 Å². The molecule has 0 aliphatic heterocycles. The number of ether oxygens (including phenoxy) is 2. The van der Waals surface area contributed by atoms with Crippen LogP contribution < -0.4 is 0 Å². The smallest absolute Gasteiger partial charge is 0.112 e. The Morgan fingerprint density at radius 1 is 0.917 bits per heavy atom. The van der Waals surface area contributed by atoms with Gasteiger partial charge in [-0.3, -0.25) is 0 Å². The molecule has 0 saturated carbocycles. The summed E-state index contributed by atoms with van der Waals surface area (Å²) in [4.78, 5) is 0. The lowest BCUT2D eigenvalue weighted by Gasteiger charge is -2.31. The highest BCUT2D eigenvalue weighted by molar-refractivity contribution is 5.08. The maximum absolute atomic E-state index is 9.43. The maximum atomic E-state index is 9.43. The van der Waals surface area contributed by atoms with E-state index >= 15 is 0 Å². The van der Waals surface area contributed by atoms with Gasteiger partial charge in [0, 0.05) is 14.2 Å². The van der Waals surface area contributed by atoms with Gasteiger partial charge < -0.3 is 19.7 Å². The van der Waals surface area contributed by atoms with Crippen LogP contribution in [0.2, 0.25) is 0 Å². The topological polar surface area (TPSA) is 58.9 Å². The van der Waals surface area contributed by atoms with E-state index in [1.165, 1.54) is 14.2 Å². The highest BCUT2D eigenvalue weighted by Crippen LogP contribution is 2.17. The number of hydrogen-bond donors (Lipinski definition) is 2. The first-order valence-corrected chi connectivity index (χ1v) is 3.80. The predicted octanol–water partition coefficient (Wildman–Crippen LogP) is -0.692. The van der Waals surface area contributed by atoms with Gasteiger partial charge in [-0.15, -0.1) is 0 Å². The zero-order chi connectivity index (χ0) is 9.14. The molecule has 0 saturated heterocycles. The summed E-state index contributed by atoms with van der Waals surface area (Å²) in [5.41, 5.74) is 0. The normalized spacial score (nSPS) is 41.7. The summed E-state index contributed by atoms with van der Waals surface area (Å²) in [6.07, 6.45) is 0.671. The monoisotopic (exact) mass is 174 g/mol. The van der Waals surface area contributed by atoms with Gasteiger partial charge in [-0.25, -0.2) is 0 Å². The molecule has 0 radical (unpaired) electrons. The Morgan fingerprint density at radius 3 is 1.50 bits per heavy atom. The molecule has 70 valence electrons. The second kappa shape index (κ2) is 4.00. The zero-order valence-corrected chi connectivity index (χ0v) is 7.18. The van der Waals surface area contributed by atoms with Gasteiger partial charge in [-0.05, 0) is 0 Å². The van der Waals surface area contributed by atoms with Gasteiger partial charge in [0.15, 0.2) is 0 Å². The van der Waals surface area contributed by atoms with Crippen molar-refractivity contribution < 1.29 is 19.7 Å². The molecule has 1 rings (SSSR count). The van der Waals surface area contributed by atoms with Crippen LogP contribution in [0.3, 0.4) is 0 Å². The minimum atomic E-state index is -0.912. The highest BCUT2D eigenvalue weighted by atomic mass is 16.5. The first-order valence-electron chi connectivity index (χ1n) is 3.80. The average molecular weight is 174 g/mol. The van der Waals surface area contributed by atoms with Crippen LogP contribution in [0.15, 0.2) is 12.2 Å². The Balaban J connectivity index is 2.68. The fourth-order valence-corrected chi connectivity index (χ4v) is 1.27. The van der Waals surface area contributed by atoms with Crippen LogP contribution in [-0.2, 0) is 9.47 Å². The van der Waals surface area contributed by atoms with Gasteiger partial charge in [-0.2, -0.15) is 0 Å². The predicted molar refractivity (Wildman–Crippen MR) is 42.7 cm³/mol. The van der Waals surface area contributed by atoms with Gasteiger partial charge in [0.05, 0.1) is 0 Å². The van der Waals surface area contributed by atoms with Crippen LogP contribution in [0.25, 0.3) is 0 Å².